The fraction of sp³-hybridized carbons (Fsp3) is 0.304. The summed E-state index contributed by atoms with van der Waals surface area (Å²) in [5.74, 6) is -1.68. The van der Waals surface area contributed by atoms with Gasteiger partial charge >= 0.3 is 5.97 Å². The fourth-order valence-electron chi connectivity index (χ4n) is 4.42. The SMILES string of the molecule is COc1c(-c2ccc3c(c2)CNC3C)c(F)cc2c(=O)c(C(=O)O)cn(C3CC3)c12. The lowest BCUT2D eigenvalue weighted by molar-refractivity contribution is 0.0695. The highest BCUT2D eigenvalue weighted by Crippen LogP contribution is 2.44. The Kier molecular flexibility index (Phi) is 4.18. The first kappa shape index (κ1) is 18.8. The molecule has 1 aromatic heterocycles. The van der Waals surface area contributed by atoms with Crippen LogP contribution in [0.3, 0.4) is 0 Å². The van der Waals surface area contributed by atoms with E-state index in [0.717, 1.165) is 24.5 Å². The van der Waals surface area contributed by atoms with Crippen LogP contribution in [0.5, 0.6) is 5.75 Å². The third kappa shape index (κ3) is 2.73. The average molecular weight is 408 g/mol. The summed E-state index contributed by atoms with van der Waals surface area (Å²) >= 11 is 0. The van der Waals surface area contributed by atoms with Gasteiger partial charge in [-0.3, -0.25) is 4.79 Å². The number of aromatic nitrogens is 1. The standard InChI is InChI=1S/C23H21FN2O4/c1-11-15-6-3-12(7-13(15)9-25-11)19-18(24)8-16-20(22(19)30-2)26(14-4-5-14)10-17(21(16)27)23(28)29/h3,6-8,10-11,14,25H,4-5,9H2,1-2H3,(H,28,29). The Hall–Kier alpha value is -3.19. The number of rotatable bonds is 4. The van der Waals surface area contributed by atoms with Gasteiger partial charge in [-0.2, -0.15) is 0 Å². The maximum atomic E-state index is 15.4. The lowest BCUT2D eigenvalue weighted by Gasteiger charge is -2.19. The van der Waals surface area contributed by atoms with Crippen molar-refractivity contribution in [1.29, 1.82) is 0 Å². The van der Waals surface area contributed by atoms with Crippen molar-refractivity contribution in [3.63, 3.8) is 0 Å². The molecule has 1 aliphatic heterocycles. The van der Waals surface area contributed by atoms with Gasteiger partial charge in [-0.05, 0) is 48.6 Å². The molecule has 1 atom stereocenters. The van der Waals surface area contributed by atoms with E-state index in [1.807, 2.05) is 18.2 Å². The minimum atomic E-state index is -1.32. The van der Waals surface area contributed by atoms with Gasteiger partial charge in [-0.25, -0.2) is 9.18 Å². The predicted octanol–water partition coefficient (Wildman–Crippen LogP) is 4.01. The lowest BCUT2D eigenvalue weighted by atomic mass is 9.96. The van der Waals surface area contributed by atoms with Crippen LogP contribution in [0.15, 0.2) is 35.3 Å². The van der Waals surface area contributed by atoms with Crippen LogP contribution < -0.4 is 15.5 Å². The molecule has 1 saturated carbocycles. The predicted molar refractivity (Wildman–Crippen MR) is 111 cm³/mol. The molecule has 3 aromatic rings. The van der Waals surface area contributed by atoms with E-state index >= 15 is 4.39 Å². The molecule has 6 nitrogen and oxygen atoms in total. The van der Waals surface area contributed by atoms with Crippen LogP contribution in [-0.4, -0.2) is 22.8 Å². The first-order valence-corrected chi connectivity index (χ1v) is 9.96. The summed E-state index contributed by atoms with van der Waals surface area (Å²) in [6.07, 6.45) is 3.10. The number of halogens is 1. The van der Waals surface area contributed by atoms with Crippen LogP contribution in [0.2, 0.25) is 0 Å². The van der Waals surface area contributed by atoms with Crippen molar-refractivity contribution in [1.82, 2.24) is 9.88 Å². The number of nitrogens with one attached hydrogen (secondary N) is 1. The van der Waals surface area contributed by atoms with Gasteiger partial charge in [0.2, 0.25) is 5.43 Å². The van der Waals surface area contributed by atoms with Crippen LogP contribution >= 0.6 is 0 Å². The second-order valence-corrected chi connectivity index (χ2v) is 7.99. The highest BCUT2D eigenvalue weighted by atomic mass is 19.1. The molecule has 0 radical (unpaired) electrons. The van der Waals surface area contributed by atoms with E-state index < -0.39 is 17.2 Å². The maximum Gasteiger partial charge on any atom is 0.341 e. The molecule has 2 aromatic carbocycles. The van der Waals surface area contributed by atoms with Crippen LogP contribution in [0.4, 0.5) is 4.39 Å². The zero-order valence-electron chi connectivity index (χ0n) is 16.7. The number of methoxy groups -OCH3 is 1. The molecule has 1 unspecified atom stereocenters. The summed E-state index contributed by atoms with van der Waals surface area (Å²) < 4.78 is 22.8. The van der Waals surface area contributed by atoms with Gasteiger partial charge in [0.15, 0.2) is 5.75 Å². The van der Waals surface area contributed by atoms with Crippen molar-refractivity contribution >= 4 is 16.9 Å². The molecule has 0 bridgehead atoms. The second kappa shape index (κ2) is 6.67. The van der Waals surface area contributed by atoms with Crippen molar-refractivity contribution < 1.29 is 19.0 Å². The van der Waals surface area contributed by atoms with Crippen LogP contribution in [-0.2, 0) is 6.54 Å². The van der Waals surface area contributed by atoms with Gasteiger partial charge < -0.3 is 19.7 Å². The Labute approximate surface area is 171 Å². The molecule has 7 heteroatoms. The molecule has 1 aliphatic carbocycles. The largest absolute Gasteiger partial charge is 0.494 e. The summed E-state index contributed by atoms with van der Waals surface area (Å²) in [5.41, 5.74) is 2.61. The smallest absolute Gasteiger partial charge is 0.341 e. The van der Waals surface area contributed by atoms with E-state index in [9.17, 15) is 14.7 Å². The molecule has 2 N–H and O–H groups in total. The van der Waals surface area contributed by atoms with E-state index in [4.69, 9.17) is 4.74 Å². The Balaban J connectivity index is 1.84. The van der Waals surface area contributed by atoms with Gasteiger partial charge in [0, 0.05) is 24.8 Å². The Morgan fingerprint density at radius 1 is 1.30 bits per heavy atom. The normalized spacial score (nSPS) is 17.9. The molecule has 2 aliphatic rings. The summed E-state index contributed by atoms with van der Waals surface area (Å²) in [4.78, 5) is 24.4. The van der Waals surface area contributed by atoms with Crippen LogP contribution in [0, 0.1) is 5.82 Å². The Morgan fingerprint density at radius 2 is 2.07 bits per heavy atom. The average Bonchev–Trinajstić information content (AvgIpc) is 3.50. The number of carbonyl (C=O) groups is 1. The number of ether oxygens (including phenoxy) is 1. The number of benzene rings is 2. The lowest BCUT2D eigenvalue weighted by Crippen LogP contribution is -2.19. The number of hydrogen-bond donors (Lipinski definition) is 2. The number of aromatic carboxylic acids is 1. The molecule has 30 heavy (non-hydrogen) atoms. The molecular weight excluding hydrogens is 387 g/mol. The Bertz CT molecular complexity index is 1280. The van der Waals surface area contributed by atoms with E-state index in [2.05, 4.69) is 12.2 Å². The third-order valence-corrected chi connectivity index (χ3v) is 6.09. The molecule has 2 heterocycles. The number of fused-ring (bicyclic) bond motifs is 2. The quantitative estimate of drug-likeness (QED) is 0.682. The van der Waals surface area contributed by atoms with Gasteiger partial charge in [0.05, 0.1) is 23.6 Å². The molecule has 0 spiro atoms. The van der Waals surface area contributed by atoms with Crippen molar-refractivity contribution in [2.75, 3.05) is 7.11 Å². The summed E-state index contributed by atoms with van der Waals surface area (Å²) in [5, 5.41) is 12.8. The van der Waals surface area contributed by atoms with Crippen molar-refractivity contribution in [3.05, 3.63) is 63.2 Å². The molecule has 154 valence electrons. The third-order valence-electron chi connectivity index (χ3n) is 6.09. The monoisotopic (exact) mass is 408 g/mol. The first-order valence-electron chi connectivity index (χ1n) is 9.96. The topological polar surface area (TPSA) is 80.6 Å². The number of carboxylic acid groups (broad SMARTS) is 1. The van der Waals surface area contributed by atoms with Gasteiger partial charge in [-0.1, -0.05) is 12.1 Å². The molecule has 0 saturated heterocycles. The fourth-order valence-corrected chi connectivity index (χ4v) is 4.42. The number of carboxylic acids is 1. The van der Waals surface area contributed by atoms with Gasteiger partial charge in [0.25, 0.3) is 0 Å². The highest BCUT2D eigenvalue weighted by molar-refractivity contribution is 5.98. The highest BCUT2D eigenvalue weighted by Gasteiger charge is 2.30. The van der Waals surface area contributed by atoms with E-state index in [1.165, 1.54) is 18.9 Å². The molecule has 0 amide bonds. The molecule has 5 rings (SSSR count). The van der Waals surface area contributed by atoms with E-state index in [1.54, 1.807) is 4.57 Å². The number of hydrogen-bond acceptors (Lipinski definition) is 4. The number of pyridine rings is 1. The minimum absolute atomic E-state index is 0.0244. The summed E-state index contributed by atoms with van der Waals surface area (Å²) in [6, 6.07) is 7.26. The van der Waals surface area contributed by atoms with E-state index in [0.29, 0.717) is 17.6 Å². The Morgan fingerprint density at radius 3 is 2.73 bits per heavy atom. The molecule has 1 fully saturated rings. The van der Waals surface area contributed by atoms with Crippen molar-refractivity contribution in [2.24, 2.45) is 0 Å². The van der Waals surface area contributed by atoms with Crippen LogP contribution in [0.1, 0.15) is 53.3 Å². The zero-order chi connectivity index (χ0) is 21.2. The number of nitrogens with zero attached hydrogens (tertiary/aromatic N) is 1. The van der Waals surface area contributed by atoms with Gasteiger partial charge in [0.1, 0.15) is 11.4 Å². The van der Waals surface area contributed by atoms with Crippen LogP contribution in [0.25, 0.3) is 22.0 Å². The summed E-state index contributed by atoms with van der Waals surface area (Å²) in [6.45, 7) is 2.79. The van der Waals surface area contributed by atoms with Crippen molar-refractivity contribution in [2.45, 2.75) is 38.4 Å². The van der Waals surface area contributed by atoms with Gasteiger partial charge in [-0.15, -0.1) is 0 Å². The zero-order valence-corrected chi connectivity index (χ0v) is 16.7. The molecular formula is C23H21FN2O4. The maximum absolute atomic E-state index is 15.4. The van der Waals surface area contributed by atoms with Crippen molar-refractivity contribution in [3.8, 4) is 16.9 Å². The summed E-state index contributed by atoms with van der Waals surface area (Å²) in [7, 11) is 1.45. The first-order chi connectivity index (χ1) is 14.4. The second-order valence-electron chi connectivity index (χ2n) is 7.99. The minimum Gasteiger partial charge on any atom is -0.494 e. The van der Waals surface area contributed by atoms with E-state index in [-0.39, 0.29) is 34.3 Å².